The first-order valence-electron chi connectivity index (χ1n) is 10.2. The number of halogens is 3. The number of phenolic OH excluding ortho intramolecular Hbond substituents is 1. The minimum atomic E-state index is -4.56. The molecule has 10 heteroatoms. The second-order valence-corrected chi connectivity index (χ2v) is 8.15. The van der Waals surface area contributed by atoms with Gasteiger partial charge in [0.25, 0.3) is 0 Å². The lowest BCUT2D eigenvalue weighted by Crippen LogP contribution is -2.44. The topological polar surface area (TPSA) is 88.4 Å². The number of nitrogens with zero attached hydrogens (tertiary/aromatic N) is 4. The van der Waals surface area contributed by atoms with E-state index in [0.29, 0.717) is 55.1 Å². The average molecular weight is 444 g/mol. The van der Waals surface area contributed by atoms with Crippen molar-refractivity contribution < 1.29 is 27.8 Å². The maximum atomic E-state index is 13.0. The van der Waals surface area contributed by atoms with E-state index >= 15 is 0 Å². The number of hydrogen-bond acceptors (Lipinski definition) is 7. The molecule has 2 aliphatic heterocycles. The third-order valence-corrected chi connectivity index (χ3v) is 6.19. The number of anilines is 1. The van der Waals surface area contributed by atoms with E-state index < -0.39 is 23.1 Å². The lowest BCUT2D eigenvalue weighted by atomic mass is 9.88. The van der Waals surface area contributed by atoms with Crippen molar-refractivity contribution in [2.75, 3.05) is 18.0 Å². The Kier molecular flexibility index (Phi) is 4.68. The number of rotatable bonds is 2. The van der Waals surface area contributed by atoms with Crippen molar-refractivity contribution >= 4 is 22.7 Å². The fourth-order valence-corrected chi connectivity index (χ4v) is 4.44. The summed E-state index contributed by atoms with van der Waals surface area (Å²) in [6.45, 7) is 1.22. The molecule has 2 aliphatic rings. The Labute approximate surface area is 180 Å². The molecule has 0 amide bonds. The van der Waals surface area contributed by atoms with Crippen molar-refractivity contribution in [3.05, 3.63) is 42.1 Å². The van der Waals surface area contributed by atoms with E-state index in [1.165, 1.54) is 6.07 Å². The highest BCUT2D eigenvalue weighted by molar-refractivity contribution is 5.98. The molecule has 166 valence electrons. The van der Waals surface area contributed by atoms with Crippen LogP contribution in [0.2, 0.25) is 0 Å². The summed E-state index contributed by atoms with van der Waals surface area (Å²) in [6.07, 6.45) is -0.443. The van der Waals surface area contributed by atoms with Gasteiger partial charge in [-0.25, -0.2) is 0 Å². The molecule has 0 radical (unpaired) electrons. The zero-order chi connectivity index (χ0) is 22.5. The standard InChI is InChI=1S/C22H19F3N4O3/c23-22(24,25)13-3-4-14(16(30)12-13)18-15-2-1-9-26-19(15)20(28-27-18)29-10-7-21(8-11-29)6-5-17(31)32-21/h1-4,9,12,30H,5-8,10-11H2. The van der Waals surface area contributed by atoms with Crippen LogP contribution in [-0.2, 0) is 15.7 Å². The monoisotopic (exact) mass is 444 g/mol. The summed E-state index contributed by atoms with van der Waals surface area (Å²) < 4.78 is 44.4. The molecule has 32 heavy (non-hydrogen) atoms. The molecule has 0 aliphatic carbocycles. The van der Waals surface area contributed by atoms with Crippen LogP contribution in [0.1, 0.15) is 31.2 Å². The van der Waals surface area contributed by atoms with E-state index in [0.717, 1.165) is 12.5 Å². The van der Waals surface area contributed by atoms with Crippen LogP contribution in [0.4, 0.5) is 19.0 Å². The number of esters is 1. The number of phenols is 1. The fourth-order valence-electron chi connectivity index (χ4n) is 4.44. The van der Waals surface area contributed by atoms with Crippen LogP contribution in [0.5, 0.6) is 5.75 Å². The van der Waals surface area contributed by atoms with Gasteiger partial charge < -0.3 is 14.7 Å². The van der Waals surface area contributed by atoms with Crippen molar-refractivity contribution in [2.24, 2.45) is 0 Å². The summed E-state index contributed by atoms with van der Waals surface area (Å²) in [5.41, 5.74) is -0.417. The molecule has 0 saturated carbocycles. The number of pyridine rings is 1. The normalized spacial score (nSPS) is 18.3. The molecule has 2 fully saturated rings. The SMILES string of the molecule is O=C1CCC2(CCN(c3nnc(-c4ccc(C(F)(F)F)cc4O)c4cccnc34)CC2)O1. The molecule has 1 spiro atoms. The Bertz CT molecular complexity index is 1210. The molecular formula is C22H19F3N4O3. The van der Waals surface area contributed by atoms with Gasteiger partial charge in [0.15, 0.2) is 5.82 Å². The summed E-state index contributed by atoms with van der Waals surface area (Å²) in [4.78, 5) is 18.0. The Hall–Kier alpha value is -3.43. The quantitative estimate of drug-likeness (QED) is 0.596. The largest absolute Gasteiger partial charge is 0.507 e. The van der Waals surface area contributed by atoms with Crippen LogP contribution >= 0.6 is 0 Å². The number of fused-ring (bicyclic) bond motifs is 1. The van der Waals surface area contributed by atoms with E-state index in [1.807, 2.05) is 4.90 Å². The number of aromatic hydroxyl groups is 1. The fraction of sp³-hybridized carbons (Fsp3) is 0.364. The van der Waals surface area contributed by atoms with Crippen LogP contribution < -0.4 is 4.90 Å². The van der Waals surface area contributed by atoms with Crippen LogP contribution in [-0.4, -0.2) is 44.9 Å². The molecule has 2 saturated heterocycles. The second-order valence-electron chi connectivity index (χ2n) is 8.15. The van der Waals surface area contributed by atoms with Crippen LogP contribution in [0, 0.1) is 0 Å². The average Bonchev–Trinajstić information content (AvgIpc) is 3.13. The minimum Gasteiger partial charge on any atom is -0.507 e. The summed E-state index contributed by atoms with van der Waals surface area (Å²) in [7, 11) is 0. The number of hydrogen-bond donors (Lipinski definition) is 1. The summed E-state index contributed by atoms with van der Waals surface area (Å²) in [5, 5.41) is 19.4. The van der Waals surface area contributed by atoms with Crippen LogP contribution in [0.25, 0.3) is 22.2 Å². The first-order chi connectivity index (χ1) is 15.3. The van der Waals surface area contributed by atoms with Gasteiger partial charge in [0.2, 0.25) is 0 Å². The molecule has 7 nitrogen and oxygen atoms in total. The van der Waals surface area contributed by atoms with E-state index in [-0.39, 0.29) is 17.2 Å². The smallest absolute Gasteiger partial charge is 0.416 e. The third-order valence-electron chi connectivity index (χ3n) is 6.19. The third kappa shape index (κ3) is 3.49. The highest BCUT2D eigenvalue weighted by Gasteiger charge is 2.43. The molecule has 0 atom stereocenters. The number of piperidine rings is 1. The molecule has 5 rings (SSSR count). The molecule has 1 aromatic carbocycles. The minimum absolute atomic E-state index is 0.144. The Morgan fingerprint density at radius 3 is 2.53 bits per heavy atom. The highest BCUT2D eigenvalue weighted by Crippen LogP contribution is 2.41. The first kappa shape index (κ1) is 20.5. The van der Waals surface area contributed by atoms with Gasteiger partial charge in [-0.15, -0.1) is 10.2 Å². The van der Waals surface area contributed by atoms with E-state index in [1.54, 1.807) is 18.3 Å². The number of benzene rings is 1. The van der Waals surface area contributed by atoms with Gasteiger partial charge >= 0.3 is 12.1 Å². The summed E-state index contributed by atoms with van der Waals surface area (Å²) in [6, 6.07) is 6.21. The van der Waals surface area contributed by atoms with Gasteiger partial charge in [0.05, 0.1) is 5.56 Å². The van der Waals surface area contributed by atoms with Crippen molar-refractivity contribution in [3.63, 3.8) is 0 Å². The zero-order valence-electron chi connectivity index (χ0n) is 16.9. The predicted octanol–water partition coefficient (Wildman–Crippen LogP) is 4.09. The number of carbonyl (C=O) groups is 1. The Morgan fingerprint density at radius 2 is 1.88 bits per heavy atom. The van der Waals surface area contributed by atoms with Gasteiger partial charge in [-0.2, -0.15) is 13.2 Å². The van der Waals surface area contributed by atoms with Crippen molar-refractivity contribution in [2.45, 2.75) is 37.5 Å². The highest BCUT2D eigenvalue weighted by atomic mass is 19.4. The van der Waals surface area contributed by atoms with E-state index in [2.05, 4.69) is 15.2 Å². The number of aromatic nitrogens is 3. The molecule has 0 unspecified atom stereocenters. The zero-order valence-corrected chi connectivity index (χ0v) is 16.9. The molecule has 4 heterocycles. The lowest BCUT2D eigenvalue weighted by molar-refractivity contribution is -0.149. The number of carbonyl (C=O) groups excluding carboxylic acids is 1. The molecule has 1 N–H and O–H groups in total. The molecule has 2 aromatic heterocycles. The van der Waals surface area contributed by atoms with Crippen LogP contribution in [0.3, 0.4) is 0 Å². The second kappa shape index (κ2) is 7.32. The lowest BCUT2D eigenvalue weighted by Gasteiger charge is -2.38. The van der Waals surface area contributed by atoms with Crippen molar-refractivity contribution in [1.29, 1.82) is 0 Å². The van der Waals surface area contributed by atoms with Crippen LogP contribution in [0.15, 0.2) is 36.5 Å². The summed E-state index contributed by atoms with van der Waals surface area (Å²) in [5.74, 6) is -0.143. The van der Waals surface area contributed by atoms with Gasteiger partial charge in [-0.3, -0.25) is 9.78 Å². The maximum absolute atomic E-state index is 13.0. The number of ether oxygens (including phenoxy) is 1. The first-order valence-corrected chi connectivity index (χ1v) is 10.2. The molecule has 0 bridgehead atoms. The van der Waals surface area contributed by atoms with Gasteiger partial charge in [-0.1, -0.05) is 0 Å². The maximum Gasteiger partial charge on any atom is 0.416 e. The van der Waals surface area contributed by atoms with Crippen molar-refractivity contribution in [1.82, 2.24) is 15.2 Å². The van der Waals surface area contributed by atoms with E-state index in [9.17, 15) is 23.1 Å². The van der Waals surface area contributed by atoms with Gasteiger partial charge in [0, 0.05) is 49.5 Å². The Morgan fingerprint density at radius 1 is 1.09 bits per heavy atom. The summed E-state index contributed by atoms with van der Waals surface area (Å²) >= 11 is 0. The van der Waals surface area contributed by atoms with E-state index in [4.69, 9.17) is 4.74 Å². The molecular weight excluding hydrogens is 425 g/mol. The van der Waals surface area contributed by atoms with Gasteiger partial charge in [0.1, 0.15) is 22.6 Å². The van der Waals surface area contributed by atoms with Crippen molar-refractivity contribution in [3.8, 4) is 17.0 Å². The van der Waals surface area contributed by atoms with Gasteiger partial charge in [-0.05, 0) is 36.8 Å². The predicted molar refractivity (Wildman–Crippen MR) is 109 cm³/mol. The number of alkyl halides is 3. The molecule has 3 aromatic rings. The Balaban J connectivity index is 1.50.